The van der Waals surface area contributed by atoms with Gasteiger partial charge in [0.1, 0.15) is 11.6 Å². The summed E-state index contributed by atoms with van der Waals surface area (Å²) >= 11 is 0. The summed E-state index contributed by atoms with van der Waals surface area (Å²) in [6, 6.07) is 5.31. The van der Waals surface area contributed by atoms with Gasteiger partial charge >= 0.3 is 0 Å². The van der Waals surface area contributed by atoms with Gasteiger partial charge in [0.25, 0.3) is 0 Å². The van der Waals surface area contributed by atoms with Crippen LogP contribution in [0.25, 0.3) is 0 Å². The zero-order chi connectivity index (χ0) is 23.6. The number of hydrogen-bond acceptors (Lipinski definition) is 4. The molecule has 5 atom stereocenters. The van der Waals surface area contributed by atoms with Crippen LogP contribution in [0.1, 0.15) is 56.1 Å². The van der Waals surface area contributed by atoms with Crippen molar-refractivity contribution in [2.45, 2.75) is 88.6 Å². The minimum absolute atomic E-state index is 0.0640. The normalized spacial score (nSPS) is 34.4. The molecule has 3 heterocycles. The summed E-state index contributed by atoms with van der Waals surface area (Å²) in [7, 11) is 0. The number of likely N-dealkylation sites (tertiary alicyclic amines) is 1. The lowest BCUT2D eigenvalue weighted by molar-refractivity contribution is -0.142. The summed E-state index contributed by atoms with van der Waals surface area (Å²) in [4.78, 5) is 42.7. The van der Waals surface area contributed by atoms with Gasteiger partial charge in [-0.3, -0.25) is 14.4 Å². The van der Waals surface area contributed by atoms with Crippen molar-refractivity contribution >= 4 is 23.4 Å². The van der Waals surface area contributed by atoms with Crippen molar-refractivity contribution in [3.63, 3.8) is 0 Å². The van der Waals surface area contributed by atoms with Crippen LogP contribution in [0.15, 0.2) is 30.4 Å². The highest BCUT2D eigenvalue weighted by Crippen LogP contribution is 2.57. The molecule has 0 aromatic heterocycles. The lowest BCUT2D eigenvalue weighted by atomic mass is 9.74. The highest BCUT2D eigenvalue weighted by molar-refractivity contribution is 6.03. The van der Waals surface area contributed by atoms with Crippen molar-refractivity contribution in [1.29, 1.82) is 0 Å². The molecule has 2 saturated heterocycles. The Morgan fingerprint density at radius 1 is 1.03 bits per heavy atom. The van der Waals surface area contributed by atoms with Gasteiger partial charge in [0, 0.05) is 17.8 Å². The monoisotopic (exact) mass is 463 g/mol. The van der Waals surface area contributed by atoms with Crippen molar-refractivity contribution in [2.24, 2.45) is 11.8 Å². The molecule has 2 aliphatic carbocycles. The van der Waals surface area contributed by atoms with Crippen LogP contribution in [0.2, 0.25) is 0 Å². The zero-order valence-electron chi connectivity index (χ0n) is 19.9. The van der Waals surface area contributed by atoms with E-state index < -0.39 is 29.6 Å². The molecule has 7 heteroatoms. The smallest absolute Gasteiger partial charge is 0.246 e. The number of carbonyl (C=O) groups excluding carboxylic acids is 3. The molecule has 180 valence electrons. The average molecular weight is 464 g/mol. The van der Waals surface area contributed by atoms with Crippen molar-refractivity contribution < 1.29 is 19.1 Å². The molecule has 3 aliphatic heterocycles. The number of ether oxygens (including phenoxy) is 1. The van der Waals surface area contributed by atoms with Gasteiger partial charge in [-0.05, 0) is 62.8 Å². The number of fused-ring (bicyclic) bond motifs is 1. The Bertz CT molecular complexity index is 1070. The van der Waals surface area contributed by atoms with Crippen molar-refractivity contribution in [1.82, 2.24) is 10.2 Å². The number of benzene rings is 1. The van der Waals surface area contributed by atoms with Crippen LogP contribution < -0.4 is 10.6 Å². The number of nitrogens with one attached hydrogen (secondary N) is 2. The minimum Gasteiger partial charge on any atom is -0.359 e. The van der Waals surface area contributed by atoms with Crippen LogP contribution >= 0.6 is 0 Å². The molecule has 2 N–H and O–H groups in total. The molecule has 6 rings (SSSR count). The Balaban J connectivity index is 1.29. The zero-order valence-corrected chi connectivity index (χ0v) is 19.9. The third kappa shape index (κ3) is 3.31. The molecule has 3 amide bonds. The summed E-state index contributed by atoms with van der Waals surface area (Å²) in [5, 5.41) is 6.24. The first-order chi connectivity index (χ1) is 16.4. The van der Waals surface area contributed by atoms with E-state index in [0.717, 1.165) is 49.7 Å². The molecule has 4 fully saturated rings. The maximum absolute atomic E-state index is 13.8. The Labute approximate surface area is 200 Å². The van der Waals surface area contributed by atoms with E-state index in [1.165, 1.54) is 6.42 Å². The summed E-state index contributed by atoms with van der Waals surface area (Å²) in [5.74, 6) is -1.78. The molecule has 5 aliphatic rings. The largest absolute Gasteiger partial charge is 0.359 e. The number of hydrogen-bond donors (Lipinski definition) is 2. The van der Waals surface area contributed by atoms with Gasteiger partial charge in [-0.15, -0.1) is 0 Å². The van der Waals surface area contributed by atoms with Crippen LogP contribution in [0, 0.1) is 25.7 Å². The molecule has 2 saturated carbocycles. The standard InChI is InChI=1S/C27H33N3O4/c1-15-8-9-18(14-16(15)2)29-24(31)21-20-12-13-27(34-20)22(21)26(33)30(19-10-11-19)23(27)25(32)28-17-6-4-3-5-7-17/h8-9,12-14,17,19-23H,3-7,10-11H2,1-2H3,(H,28,32)(H,29,31). The molecular weight excluding hydrogens is 430 g/mol. The number of anilines is 1. The maximum Gasteiger partial charge on any atom is 0.246 e. The highest BCUT2D eigenvalue weighted by atomic mass is 16.5. The fraction of sp³-hybridized carbons (Fsp3) is 0.593. The predicted octanol–water partition coefficient (Wildman–Crippen LogP) is 3.00. The number of carbonyl (C=O) groups is 3. The van der Waals surface area contributed by atoms with E-state index >= 15 is 0 Å². The van der Waals surface area contributed by atoms with Gasteiger partial charge in [0.05, 0.1) is 17.9 Å². The lowest BCUT2D eigenvalue weighted by Crippen LogP contribution is -2.57. The molecule has 1 spiro atoms. The fourth-order valence-electron chi connectivity index (χ4n) is 6.52. The molecule has 34 heavy (non-hydrogen) atoms. The maximum atomic E-state index is 13.8. The number of amides is 3. The van der Waals surface area contributed by atoms with Crippen LogP contribution in [0.3, 0.4) is 0 Å². The summed E-state index contributed by atoms with van der Waals surface area (Å²) in [6.45, 7) is 4.04. The number of nitrogens with zero attached hydrogens (tertiary/aromatic N) is 1. The van der Waals surface area contributed by atoms with E-state index in [0.29, 0.717) is 5.69 Å². The van der Waals surface area contributed by atoms with Gasteiger partial charge in [-0.25, -0.2) is 0 Å². The third-order valence-electron chi connectivity index (χ3n) is 8.53. The van der Waals surface area contributed by atoms with Gasteiger partial charge < -0.3 is 20.3 Å². The van der Waals surface area contributed by atoms with Gasteiger partial charge in [0.2, 0.25) is 17.7 Å². The van der Waals surface area contributed by atoms with Gasteiger partial charge in [-0.2, -0.15) is 0 Å². The molecule has 5 unspecified atom stereocenters. The van der Waals surface area contributed by atoms with Gasteiger partial charge in [0.15, 0.2) is 0 Å². The van der Waals surface area contributed by atoms with E-state index in [-0.39, 0.29) is 29.8 Å². The van der Waals surface area contributed by atoms with Crippen molar-refractivity contribution in [3.8, 4) is 0 Å². The number of rotatable bonds is 5. The second-order valence-corrected chi connectivity index (χ2v) is 10.8. The van der Waals surface area contributed by atoms with Crippen molar-refractivity contribution in [2.75, 3.05) is 5.32 Å². The molecule has 0 radical (unpaired) electrons. The van der Waals surface area contributed by atoms with Crippen molar-refractivity contribution in [3.05, 3.63) is 41.5 Å². The van der Waals surface area contributed by atoms with E-state index in [2.05, 4.69) is 10.6 Å². The Hall–Kier alpha value is -2.67. The van der Waals surface area contributed by atoms with E-state index in [1.54, 1.807) is 4.90 Å². The van der Waals surface area contributed by atoms with Crippen LogP contribution in [-0.4, -0.2) is 52.5 Å². The summed E-state index contributed by atoms with van der Waals surface area (Å²) in [6.07, 6.45) is 10.5. The number of aryl methyl sites for hydroxylation is 2. The topological polar surface area (TPSA) is 87.7 Å². The Morgan fingerprint density at radius 2 is 1.79 bits per heavy atom. The highest BCUT2D eigenvalue weighted by Gasteiger charge is 2.74. The molecule has 2 bridgehead atoms. The second kappa shape index (κ2) is 7.94. The lowest BCUT2D eigenvalue weighted by Gasteiger charge is -2.34. The molecule has 1 aromatic carbocycles. The van der Waals surface area contributed by atoms with E-state index in [9.17, 15) is 14.4 Å². The SMILES string of the molecule is Cc1ccc(NC(=O)C2C3C=CC4(O3)C2C(=O)N(C2CC2)C4C(=O)NC2CCCCC2)cc1C. The quantitative estimate of drug-likeness (QED) is 0.657. The first kappa shape index (κ1) is 21.8. The van der Waals surface area contributed by atoms with E-state index in [1.807, 2.05) is 44.2 Å². The molecule has 7 nitrogen and oxygen atoms in total. The Kier molecular flexibility index (Phi) is 5.10. The third-order valence-corrected chi connectivity index (χ3v) is 8.53. The molecule has 1 aromatic rings. The first-order valence-electron chi connectivity index (χ1n) is 12.8. The van der Waals surface area contributed by atoms with Gasteiger partial charge in [-0.1, -0.05) is 37.5 Å². The summed E-state index contributed by atoms with van der Waals surface area (Å²) in [5.41, 5.74) is 1.90. The summed E-state index contributed by atoms with van der Waals surface area (Å²) < 4.78 is 6.40. The average Bonchev–Trinajstić information content (AvgIpc) is 3.41. The predicted molar refractivity (Wildman–Crippen MR) is 127 cm³/mol. The second-order valence-electron chi connectivity index (χ2n) is 10.8. The van der Waals surface area contributed by atoms with E-state index in [4.69, 9.17) is 4.74 Å². The Morgan fingerprint density at radius 3 is 2.50 bits per heavy atom. The molecular formula is C27H33N3O4. The first-order valence-corrected chi connectivity index (χ1v) is 12.8. The van der Waals surface area contributed by atoms with Crippen LogP contribution in [0.5, 0.6) is 0 Å². The minimum atomic E-state index is -1.06. The fourth-order valence-corrected chi connectivity index (χ4v) is 6.52. The van der Waals surface area contributed by atoms with Crippen LogP contribution in [0.4, 0.5) is 5.69 Å². The van der Waals surface area contributed by atoms with Crippen LogP contribution in [-0.2, 0) is 19.1 Å².